The summed E-state index contributed by atoms with van der Waals surface area (Å²) in [5, 5.41) is 2.85. The second-order valence-corrected chi connectivity index (χ2v) is 9.03. The van der Waals surface area contributed by atoms with Gasteiger partial charge in [0.2, 0.25) is 5.91 Å². The first-order valence-corrected chi connectivity index (χ1v) is 10.9. The van der Waals surface area contributed by atoms with Gasteiger partial charge in [0, 0.05) is 28.4 Å². The molecule has 0 aromatic heterocycles. The van der Waals surface area contributed by atoms with E-state index in [-0.39, 0.29) is 5.78 Å². The van der Waals surface area contributed by atoms with Gasteiger partial charge in [-0.05, 0) is 38.0 Å². The predicted octanol–water partition coefficient (Wildman–Crippen LogP) is 4.54. The molecule has 0 saturated carbocycles. The van der Waals surface area contributed by atoms with Gasteiger partial charge in [0.25, 0.3) is 0 Å². The van der Waals surface area contributed by atoms with Crippen molar-refractivity contribution >= 4 is 33.6 Å². The lowest BCUT2D eigenvalue weighted by Crippen LogP contribution is -2.44. The Bertz CT molecular complexity index is 924. The molecule has 1 N–H and O–H groups in total. The van der Waals surface area contributed by atoms with E-state index in [1.807, 2.05) is 49.4 Å². The van der Waals surface area contributed by atoms with E-state index in [2.05, 4.69) is 21.2 Å². The van der Waals surface area contributed by atoms with Gasteiger partial charge in [-0.3, -0.25) is 14.4 Å². The van der Waals surface area contributed by atoms with Gasteiger partial charge in [0.1, 0.15) is 11.5 Å². The van der Waals surface area contributed by atoms with E-state index in [9.17, 15) is 14.4 Å². The molecule has 0 aliphatic carbocycles. The van der Waals surface area contributed by atoms with Crippen molar-refractivity contribution in [3.8, 4) is 0 Å². The molecule has 3 atom stereocenters. The fourth-order valence-electron chi connectivity index (χ4n) is 4.25. The number of cyclic esters (lactones) is 1. The maximum absolute atomic E-state index is 13.3. The lowest BCUT2D eigenvalue weighted by molar-refractivity contribution is -0.150. The highest BCUT2D eigenvalue weighted by Gasteiger charge is 2.57. The first-order chi connectivity index (χ1) is 14.2. The number of benzene rings is 2. The minimum Gasteiger partial charge on any atom is -0.459 e. The number of halogens is 1. The number of nitrogens with one attached hydrogen (secondary N) is 1. The summed E-state index contributed by atoms with van der Waals surface area (Å²) >= 11 is 3.38. The highest BCUT2D eigenvalue weighted by molar-refractivity contribution is 9.10. The molecule has 0 unspecified atom stereocenters. The van der Waals surface area contributed by atoms with Crippen LogP contribution in [0.4, 0.5) is 0 Å². The van der Waals surface area contributed by atoms with Crippen molar-refractivity contribution in [2.24, 2.45) is 17.8 Å². The van der Waals surface area contributed by atoms with Gasteiger partial charge >= 0.3 is 5.97 Å². The van der Waals surface area contributed by atoms with Crippen molar-refractivity contribution in [1.82, 2.24) is 5.32 Å². The van der Waals surface area contributed by atoms with Crippen molar-refractivity contribution in [2.45, 2.75) is 39.3 Å². The Balaban J connectivity index is 1.85. The number of Topliss-reactive ketones (excluding diaryl/α,β-unsaturated/α-hetero) is 1. The molecule has 158 valence electrons. The van der Waals surface area contributed by atoms with Crippen molar-refractivity contribution in [3.63, 3.8) is 0 Å². The summed E-state index contributed by atoms with van der Waals surface area (Å²) in [6, 6.07) is 16.6. The molecule has 1 heterocycles. The Morgan fingerprint density at radius 1 is 1.10 bits per heavy atom. The summed E-state index contributed by atoms with van der Waals surface area (Å²) in [6.45, 7) is 5.77. The number of ketones is 1. The predicted molar refractivity (Wildman–Crippen MR) is 118 cm³/mol. The minimum atomic E-state index is -1.02. The lowest BCUT2D eigenvalue weighted by atomic mass is 9.70. The first-order valence-electron chi connectivity index (χ1n) is 10.1. The molecule has 0 spiro atoms. The molecule has 1 fully saturated rings. The number of amides is 1. The topological polar surface area (TPSA) is 72.5 Å². The quantitative estimate of drug-likeness (QED) is 0.365. The lowest BCUT2D eigenvalue weighted by Gasteiger charge is -2.32. The Morgan fingerprint density at radius 3 is 2.33 bits per heavy atom. The van der Waals surface area contributed by atoms with Crippen LogP contribution >= 0.6 is 15.9 Å². The van der Waals surface area contributed by atoms with E-state index < -0.39 is 35.2 Å². The third-order valence-corrected chi connectivity index (χ3v) is 6.24. The zero-order valence-corrected chi connectivity index (χ0v) is 18.9. The van der Waals surface area contributed by atoms with E-state index in [0.29, 0.717) is 18.5 Å². The van der Waals surface area contributed by atoms with Crippen molar-refractivity contribution in [2.75, 3.05) is 0 Å². The molecule has 0 radical (unpaired) electrons. The largest absolute Gasteiger partial charge is 0.459 e. The monoisotopic (exact) mass is 471 g/mol. The number of rotatable bonds is 7. The average Bonchev–Trinajstić information content (AvgIpc) is 2.96. The molecule has 1 aliphatic rings. The Hall–Kier alpha value is -2.47. The summed E-state index contributed by atoms with van der Waals surface area (Å²) in [7, 11) is 0. The molecule has 6 heteroatoms. The third-order valence-electron chi connectivity index (χ3n) is 5.71. The Kier molecular flexibility index (Phi) is 6.76. The van der Waals surface area contributed by atoms with E-state index in [0.717, 1.165) is 10.0 Å². The molecule has 1 aliphatic heterocycles. The fourth-order valence-corrected chi connectivity index (χ4v) is 4.52. The fraction of sp³-hybridized carbons (Fsp3) is 0.375. The van der Waals surface area contributed by atoms with Gasteiger partial charge in [-0.2, -0.15) is 0 Å². The number of carbonyl (C=O) groups excluding carboxylic acids is 3. The molecule has 0 bridgehead atoms. The first kappa shape index (κ1) is 22.2. The maximum atomic E-state index is 13.3. The van der Waals surface area contributed by atoms with Crippen LogP contribution in [0.25, 0.3) is 0 Å². The molecule has 30 heavy (non-hydrogen) atoms. The highest BCUT2D eigenvalue weighted by Crippen LogP contribution is 2.44. The Morgan fingerprint density at radius 2 is 1.73 bits per heavy atom. The molecular formula is C24H26BrNO4. The van der Waals surface area contributed by atoms with Gasteiger partial charge in [0.05, 0.1) is 0 Å². The van der Waals surface area contributed by atoms with Crippen molar-refractivity contribution < 1.29 is 19.1 Å². The molecule has 5 nitrogen and oxygen atoms in total. The van der Waals surface area contributed by atoms with E-state index in [4.69, 9.17) is 4.74 Å². The standard InChI is InChI=1S/C24H26BrNO4/c1-4-18(21(27)16-10-12-17(25)13-11-16)20-19(23(29)30-24(20,2)3)22(28)26-14-15-8-6-5-7-9-15/h5-13,18-20H,4,14H2,1-3H3,(H,26,28)/t18-,19-,20+/m0/s1. The van der Waals surface area contributed by atoms with Crippen LogP contribution < -0.4 is 5.32 Å². The SMILES string of the molecule is CC[C@H](C(=O)c1ccc(Br)cc1)[C@@H]1[C@@H](C(=O)NCc2ccccc2)C(=O)OC1(C)C. The van der Waals surface area contributed by atoms with Crippen LogP contribution in [0.5, 0.6) is 0 Å². The summed E-state index contributed by atoms with van der Waals surface area (Å²) in [5.41, 5.74) is 0.576. The zero-order valence-electron chi connectivity index (χ0n) is 17.4. The molecule has 2 aromatic rings. The molecule has 1 amide bonds. The highest BCUT2D eigenvalue weighted by atomic mass is 79.9. The summed E-state index contributed by atoms with van der Waals surface area (Å²) in [5.74, 6) is -3.14. The normalized spacial score (nSPS) is 21.0. The van der Waals surface area contributed by atoms with Crippen LogP contribution in [-0.2, 0) is 20.9 Å². The van der Waals surface area contributed by atoms with E-state index in [1.165, 1.54) is 0 Å². The van der Waals surface area contributed by atoms with Crippen molar-refractivity contribution in [1.29, 1.82) is 0 Å². The molecule has 2 aromatic carbocycles. The summed E-state index contributed by atoms with van der Waals surface area (Å²) < 4.78 is 6.46. The Labute approximate surface area is 185 Å². The average molecular weight is 472 g/mol. The van der Waals surface area contributed by atoms with Gasteiger partial charge in [0.15, 0.2) is 5.78 Å². The minimum absolute atomic E-state index is 0.0813. The number of hydrogen-bond donors (Lipinski definition) is 1. The van der Waals surface area contributed by atoms with Gasteiger partial charge in [-0.1, -0.05) is 65.3 Å². The van der Waals surface area contributed by atoms with E-state index in [1.54, 1.807) is 26.0 Å². The second kappa shape index (κ2) is 9.13. The van der Waals surface area contributed by atoms with Gasteiger partial charge in [-0.25, -0.2) is 0 Å². The number of ether oxygens (including phenoxy) is 1. The maximum Gasteiger partial charge on any atom is 0.319 e. The third kappa shape index (κ3) is 4.64. The number of esters is 1. The van der Waals surface area contributed by atoms with Gasteiger partial charge in [-0.15, -0.1) is 0 Å². The zero-order chi connectivity index (χ0) is 21.9. The van der Waals surface area contributed by atoms with Crippen LogP contribution in [0.1, 0.15) is 43.1 Å². The molecule has 3 rings (SSSR count). The summed E-state index contributed by atoms with van der Waals surface area (Å²) in [4.78, 5) is 39.0. The van der Waals surface area contributed by atoms with Crippen molar-refractivity contribution in [3.05, 3.63) is 70.2 Å². The molecular weight excluding hydrogens is 446 g/mol. The van der Waals surface area contributed by atoms with Crippen LogP contribution in [-0.4, -0.2) is 23.3 Å². The number of hydrogen-bond acceptors (Lipinski definition) is 4. The van der Waals surface area contributed by atoms with Crippen LogP contribution in [0, 0.1) is 17.8 Å². The number of carbonyl (C=O) groups is 3. The van der Waals surface area contributed by atoms with E-state index >= 15 is 0 Å². The van der Waals surface area contributed by atoms with Crippen LogP contribution in [0.15, 0.2) is 59.1 Å². The summed E-state index contributed by atoms with van der Waals surface area (Å²) in [6.07, 6.45) is 0.502. The van der Waals surface area contributed by atoms with Crippen LogP contribution in [0.2, 0.25) is 0 Å². The molecule has 1 saturated heterocycles. The van der Waals surface area contributed by atoms with Gasteiger partial charge < -0.3 is 10.1 Å². The smallest absolute Gasteiger partial charge is 0.319 e. The van der Waals surface area contributed by atoms with Crippen LogP contribution in [0.3, 0.4) is 0 Å². The second-order valence-electron chi connectivity index (χ2n) is 8.12.